The molecule has 2 aromatic rings. The molecule has 0 aliphatic carbocycles. The largest absolute Gasteiger partial charge is 0.374 e. The van der Waals surface area contributed by atoms with Gasteiger partial charge in [-0.1, -0.05) is 30.3 Å². The Balaban J connectivity index is 1.83. The van der Waals surface area contributed by atoms with E-state index < -0.39 is 5.60 Å². The van der Waals surface area contributed by atoms with Crippen molar-refractivity contribution in [3.63, 3.8) is 0 Å². The van der Waals surface area contributed by atoms with Gasteiger partial charge in [-0.05, 0) is 25.5 Å². The Hall–Kier alpha value is -1.98. The molecule has 118 valence electrons. The van der Waals surface area contributed by atoms with Crippen LogP contribution in [0.15, 0.2) is 42.6 Å². The van der Waals surface area contributed by atoms with Crippen LogP contribution < -0.4 is 5.32 Å². The fourth-order valence-electron chi connectivity index (χ4n) is 1.94. The lowest BCUT2D eigenvalue weighted by Crippen LogP contribution is -2.40. The van der Waals surface area contributed by atoms with Gasteiger partial charge in [0.2, 0.25) is 5.95 Å². The number of benzene rings is 1. The van der Waals surface area contributed by atoms with Crippen LogP contribution in [-0.2, 0) is 16.1 Å². The molecule has 22 heavy (non-hydrogen) atoms. The van der Waals surface area contributed by atoms with E-state index in [1.807, 2.05) is 50.2 Å². The molecule has 5 nitrogen and oxygen atoms in total. The Morgan fingerprint density at radius 2 is 1.95 bits per heavy atom. The molecule has 1 aromatic carbocycles. The van der Waals surface area contributed by atoms with Crippen molar-refractivity contribution >= 4 is 5.95 Å². The van der Waals surface area contributed by atoms with E-state index in [1.54, 1.807) is 13.3 Å². The summed E-state index contributed by atoms with van der Waals surface area (Å²) in [5.41, 5.74) is 1.63. The van der Waals surface area contributed by atoms with E-state index >= 15 is 0 Å². The van der Waals surface area contributed by atoms with Gasteiger partial charge in [-0.3, -0.25) is 0 Å². The molecular weight excluding hydrogens is 278 g/mol. The van der Waals surface area contributed by atoms with Crippen LogP contribution in [0.4, 0.5) is 5.95 Å². The van der Waals surface area contributed by atoms with Gasteiger partial charge in [-0.15, -0.1) is 0 Å². The molecule has 0 saturated carbocycles. The summed E-state index contributed by atoms with van der Waals surface area (Å²) in [6.45, 7) is 5.56. The monoisotopic (exact) mass is 301 g/mol. The lowest BCUT2D eigenvalue weighted by atomic mass is 10.1. The molecule has 0 radical (unpaired) electrons. The summed E-state index contributed by atoms with van der Waals surface area (Å²) in [6, 6.07) is 12.0. The van der Waals surface area contributed by atoms with Crippen LogP contribution in [0.25, 0.3) is 0 Å². The van der Waals surface area contributed by atoms with Gasteiger partial charge in [-0.25, -0.2) is 9.97 Å². The topological polar surface area (TPSA) is 56.3 Å². The number of hydrogen-bond acceptors (Lipinski definition) is 5. The Morgan fingerprint density at radius 3 is 2.64 bits per heavy atom. The van der Waals surface area contributed by atoms with E-state index in [-0.39, 0.29) is 0 Å². The van der Waals surface area contributed by atoms with Crippen LogP contribution in [0.2, 0.25) is 0 Å². The van der Waals surface area contributed by atoms with E-state index in [2.05, 4.69) is 15.3 Å². The van der Waals surface area contributed by atoms with Crippen molar-refractivity contribution in [2.24, 2.45) is 0 Å². The molecule has 0 fully saturated rings. The number of ether oxygens (including phenoxy) is 2. The highest BCUT2D eigenvalue weighted by Gasteiger charge is 2.24. The van der Waals surface area contributed by atoms with Gasteiger partial charge < -0.3 is 14.8 Å². The molecule has 1 atom stereocenters. The van der Waals surface area contributed by atoms with Gasteiger partial charge in [0, 0.05) is 25.5 Å². The van der Waals surface area contributed by atoms with Gasteiger partial charge in [0.25, 0.3) is 0 Å². The number of hydrogen-bond donors (Lipinski definition) is 1. The summed E-state index contributed by atoms with van der Waals surface area (Å²) in [5.74, 6) is 0.603. The quantitative estimate of drug-likeness (QED) is 0.812. The Morgan fingerprint density at radius 1 is 1.18 bits per heavy atom. The van der Waals surface area contributed by atoms with E-state index in [0.717, 1.165) is 11.3 Å². The third kappa shape index (κ3) is 5.09. The molecule has 0 aliphatic rings. The highest BCUT2D eigenvalue weighted by Crippen LogP contribution is 2.13. The van der Waals surface area contributed by atoms with E-state index in [1.165, 1.54) is 0 Å². The molecule has 1 aromatic heterocycles. The first-order chi connectivity index (χ1) is 10.6. The molecule has 0 aliphatic heterocycles. The van der Waals surface area contributed by atoms with Crippen molar-refractivity contribution in [2.45, 2.75) is 26.1 Å². The zero-order valence-corrected chi connectivity index (χ0v) is 13.4. The van der Waals surface area contributed by atoms with E-state index in [9.17, 15) is 0 Å². The third-order valence-electron chi connectivity index (χ3n) is 3.43. The van der Waals surface area contributed by atoms with Crippen LogP contribution in [-0.4, -0.2) is 35.8 Å². The molecule has 0 spiro atoms. The Kier molecular flexibility index (Phi) is 5.86. The number of aryl methyl sites for hydroxylation is 1. The first kappa shape index (κ1) is 16.4. The van der Waals surface area contributed by atoms with Crippen molar-refractivity contribution in [3.05, 3.63) is 53.9 Å². The molecule has 1 heterocycles. The summed E-state index contributed by atoms with van der Waals surface area (Å²) in [5, 5.41) is 3.20. The summed E-state index contributed by atoms with van der Waals surface area (Å²) in [4.78, 5) is 8.51. The van der Waals surface area contributed by atoms with Crippen molar-refractivity contribution in [2.75, 3.05) is 25.6 Å². The third-order valence-corrected chi connectivity index (χ3v) is 3.43. The highest BCUT2D eigenvalue weighted by atomic mass is 16.5. The van der Waals surface area contributed by atoms with Gasteiger partial charge >= 0.3 is 0 Å². The van der Waals surface area contributed by atoms with Crippen molar-refractivity contribution in [1.29, 1.82) is 0 Å². The first-order valence-corrected chi connectivity index (χ1v) is 7.32. The van der Waals surface area contributed by atoms with Crippen molar-refractivity contribution in [3.8, 4) is 0 Å². The van der Waals surface area contributed by atoms with Gasteiger partial charge in [0.1, 0.15) is 5.60 Å². The molecule has 5 heteroatoms. The maximum absolute atomic E-state index is 5.78. The molecule has 0 bridgehead atoms. The second-order valence-corrected chi connectivity index (χ2v) is 5.51. The molecular formula is C17H23N3O2. The molecule has 2 rings (SSSR count). The highest BCUT2D eigenvalue weighted by molar-refractivity contribution is 5.25. The minimum Gasteiger partial charge on any atom is -0.374 e. The van der Waals surface area contributed by atoms with Gasteiger partial charge in [-0.2, -0.15) is 0 Å². The van der Waals surface area contributed by atoms with Crippen LogP contribution in [0.1, 0.15) is 18.2 Å². The standard InChI is InChI=1S/C17H23N3O2/c1-14-9-10-18-16(20-14)19-12-17(2,21-3)13-22-11-15-7-5-4-6-8-15/h4-10H,11-13H2,1-3H3,(H,18,19,20). The number of nitrogens with zero attached hydrogens (tertiary/aromatic N) is 2. The predicted molar refractivity (Wildman–Crippen MR) is 86.8 cm³/mol. The number of aromatic nitrogens is 2. The fraction of sp³-hybridized carbons (Fsp3) is 0.412. The SMILES string of the molecule is COC(C)(CNc1nccc(C)n1)COCc1ccccc1. The first-order valence-electron chi connectivity index (χ1n) is 7.32. The lowest BCUT2D eigenvalue weighted by Gasteiger charge is -2.28. The number of methoxy groups -OCH3 is 1. The molecule has 0 saturated heterocycles. The zero-order valence-electron chi connectivity index (χ0n) is 13.4. The lowest BCUT2D eigenvalue weighted by molar-refractivity contribution is -0.0589. The zero-order chi connectivity index (χ0) is 15.8. The average molecular weight is 301 g/mol. The Labute approximate surface area is 131 Å². The summed E-state index contributed by atoms with van der Waals surface area (Å²) in [7, 11) is 1.69. The van der Waals surface area contributed by atoms with E-state index in [4.69, 9.17) is 9.47 Å². The Bertz CT molecular complexity index is 577. The van der Waals surface area contributed by atoms with Gasteiger partial charge in [0.15, 0.2) is 0 Å². The van der Waals surface area contributed by atoms with Crippen LogP contribution in [0.3, 0.4) is 0 Å². The maximum Gasteiger partial charge on any atom is 0.222 e. The molecule has 1 N–H and O–H groups in total. The number of anilines is 1. The van der Waals surface area contributed by atoms with Crippen molar-refractivity contribution in [1.82, 2.24) is 9.97 Å². The van der Waals surface area contributed by atoms with Gasteiger partial charge in [0.05, 0.1) is 13.2 Å². The predicted octanol–water partition coefficient (Wildman–Crippen LogP) is 2.82. The number of rotatable bonds is 8. The van der Waals surface area contributed by atoms with Crippen LogP contribution in [0.5, 0.6) is 0 Å². The van der Waals surface area contributed by atoms with Crippen LogP contribution >= 0.6 is 0 Å². The minimum absolute atomic E-state index is 0.443. The average Bonchev–Trinajstić information content (AvgIpc) is 2.54. The van der Waals surface area contributed by atoms with E-state index in [0.29, 0.717) is 25.7 Å². The minimum atomic E-state index is -0.443. The normalized spacial score (nSPS) is 13.6. The maximum atomic E-state index is 5.78. The smallest absolute Gasteiger partial charge is 0.222 e. The molecule has 0 amide bonds. The summed E-state index contributed by atoms with van der Waals surface area (Å²) < 4.78 is 11.4. The number of nitrogens with one attached hydrogen (secondary N) is 1. The summed E-state index contributed by atoms with van der Waals surface area (Å²) >= 11 is 0. The molecule has 1 unspecified atom stereocenters. The van der Waals surface area contributed by atoms with Crippen LogP contribution in [0, 0.1) is 6.92 Å². The second-order valence-electron chi connectivity index (χ2n) is 5.51. The second kappa shape index (κ2) is 7.87. The van der Waals surface area contributed by atoms with Crippen molar-refractivity contribution < 1.29 is 9.47 Å². The summed E-state index contributed by atoms with van der Waals surface area (Å²) in [6.07, 6.45) is 1.74. The fourth-order valence-corrected chi connectivity index (χ4v) is 1.94.